The SMILES string of the molecule is CNC(=O)C(=O)N1CCCCC1CCO. The lowest BCUT2D eigenvalue weighted by Gasteiger charge is -2.34. The fourth-order valence-electron chi connectivity index (χ4n) is 1.95. The maximum Gasteiger partial charge on any atom is 0.312 e. The molecule has 1 heterocycles. The Bertz CT molecular complexity index is 241. The van der Waals surface area contributed by atoms with Crippen LogP contribution in [0, 0.1) is 0 Å². The third kappa shape index (κ3) is 2.92. The summed E-state index contributed by atoms with van der Waals surface area (Å²) in [4.78, 5) is 24.4. The average Bonchev–Trinajstić information content (AvgIpc) is 2.28. The molecular formula is C10H18N2O3. The number of hydrogen-bond acceptors (Lipinski definition) is 3. The molecule has 15 heavy (non-hydrogen) atoms. The first-order chi connectivity index (χ1) is 7.20. The van der Waals surface area contributed by atoms with Crippen molar-refractivity contribution in [3.63, 3.8) is 0 Å². The molecule has 2 N–H and O–H groups in total. The van der Waals surface area contributed by atoms with Crippen LogP contribution in [0.2, 0.25) is 0 Å². The summed E-state index contributed by atoms with van der Waals surface area (Å²) in [7, 11) is 1.45. The molecule has 5 nitrogen and oxygen atoms in total. The molecule has 0 bridgehead atoms. The van der Waals surface area contributed by atoms with Gasteiger partial charge in [0.2, 0.25) is 0 Å². The summed E-state index contributed by atoms with van der Waals surface area (Å²) in [6, 6.07) is 0.0218. The van der Waals surface area contributed by atoms with Crippen LogP contribution in [0.4, 0.5) is 0 Å². The van der Waals surface area contributed by atoms with Gasteiger partial charge in [-0.3, -0.25) is 9.59 Å². The zero-order valence-corrected chi connectivity index (χ0v) is 9.03. The number of likely N-dealkylation sites (N-methyl/N-ethyl adjacent to an activating group) is 1. The highest BCUT2D eigenvalue weighted by Crippen LogP contribution is 2.19. The van der Waals surface area contributed by atoms with Gasteiger partial charge in [-0.1, -0.05) is 0 Å². The number of likely N-dealkylation sites (tertiary alicyclic amines) is 1. The number of nitrogens with zero attached hydrogens (tertiary/aromatic N) is 1. The molecule has 0 aromatic rings. The predicted molar refractivity (Wildman–Crippen MR) is 55.1 cm³/mol. The molecule has 1 saturated heterocycles. The first-order valence-corrected chi connectivity index (χ1v) is 5.34. The van der Waals surface area contributed by atoms with Crippen molar-refractivity contribution >= 4 is 11.8 Å². The van der Waals surface area contributed by atoms with E-state index in [2.05, 4.69) is 5.32 Å². The normalized spacial score (nSPS) is 21.2. The van der Waals surface area contributed by atoms with Crippen LogP contribution >= 0.6 is 0 Å². The number of nitrogens with one attached hydrogen (secondary N) is 1. The van der Waals surface area contributed by atoms with Crippen molar-refractivity contribution in [1.29, 1.82) is 0 Å². The Kier molecular flexibility index (Phi) is 4.55. The molecule has 0 aromatic heterocycles. The van der Waals surface area contributed by atoms with Crippen LogP contribution in [-0.4, -0.2) is 48.1 Å². The monoisotopic (exact) mass is 214 g/mol. The van der Waals surface area contributed by atoms with Crippen molar-refractivity contribution in [2.75, 3.05) is 20.2 Å². The number of hydrogen-bond donors (Lipinski definition) is 2. The maximum atomic E-state index is 11.6. The van der Waals surface area contributed by atoms with E-state index in [9.17, 15) is 9.59 Å². The highest BCUT2D eigenvalue weighted by molar-refractivity contribution is 6.35. The van der Waals surface area contributed by atoms with Crippen molar-refractivity contribution < 1.29 is 14.7 Å². The van der Waals surface area contributed by atoms with E-state index in [-0.39, 0.29) is 12.6 Å². The quantitative estimate of drug-likeness (QED) is 0.609. The van der Waals surface area contributed by atoms with E-state index < -0.39 is 11.8 Å². The molecule has 0 spiro atoms. The van der Waals surface area contributed by atoms with E-state index in [1.807, 2.05) is 0 Å². The molecule has 2 amide bonds. The van der Waals surface area contributed by atoms with Gasteiger partial charge in [-0.15, -0.1) is 0 Å². The van der Waals surface area contributed by atoms with Gasteiger partial charge in [-0.2, -0.15) is 0 Å². The smallest absolute Gasteiger partial charge is 0.312 e. The standard InChI is InChI=1S/C10H18N2O3/c1-11-9(14)10(15)12-6-3-2-4-8(12)5-7-13/h8,13H,2-7H2,1H3,(H,11,14). The maximum absolute atomic E-state index is 11.6. The lowest BCUT2D eigenvalue weighted by molar-refractivity contribution is -0.148. The van der Waals surface area contributed by atoms with Crippen molar-refractivity contribution in [1.82, 2.24) is 10.2 Å². The summed E-state index contributed by atoms with van der Waals surface area (Å²) < 4.78 is 0. The first-order valence-electron chi connectivity index (χ1n) is 5.34. The van der Waals surface area contributed by atoms with E-state index in [4.69, 9.17) is 5.11 Å². The van der Waals surface area contributed by atoms with Crippen LogP contribution < -0.4 is 5.32 Å². The Hall–Kier alpha value is -1.10. The number of rotatable bonds is 2. The Morgan fingerprint density at radius 3 is 2.80 bits per heavy atom. The van der Waals surface area contributed by atoms with Crippen molar-refractivity contribution in [3.8, 4) is 0 Å². The number of aliphatic hydroxyl groups is 1. The number of piperidine rings is 1. The number of aliphatic hydroxyl groups excluding tert-OH is 1. The Balaban J connectivity index is 2.62. The fourth-order valence-corrected chi connectivity index (χ4v) is 1.95. The summed E-state index contributed by atoms with van der Waals surface area (Å²) in [5, 5.41) is 11.2. The molecule has 0 saturated carbocycles. The highest BCUT2D eigenvalue weighted by atomic mass is 16.3. The molecule has 1 aliphatic heterocycles. The average molecular weight is 214 g/mol. The van der Waals surface area contributed by atoms with Gasteiger partial charge in [0, 0.05) is 26.2 Å². The van der Waals surface area contributed by atoms with Crippen molar-refractivity contribution in [2.24, 2.45) is 0 Å². The molecular weight excluding hydrogens is 196 g/mol. The van der Waals surface area contributed by atoms with Gasteiger partial charge in [0.1, 0.15) is 0 Å². The predicted octanol–water partition coefficient (Wildman–Crippen LogP) is -0.504. The summed E-state index contributed by atoms with van der Waals surface area (Å²) in [5.41, 5.74) is 0. The molecule has 1 aliphatic rings. The van der Waals surface area contributed by atoms with Gasteiger partial charge >= 0.3 is 11.8 Å². The Morgan fingerprint density at radius 1 is 1.47 bits per heavy atom. The third-order valence-corrected chi connectivity index (χ3v) is 2.77. The van der Waals surface area contributed by atoms with E-state index in [0.29, 0.717) is 13.0 Å². The molecule has 1 unspecified atom stereocenters. The minimum atomic E-state index is -0.570. The van der Waals surface area contributed by atoms with Gasteiger partial charge in [0.05, 0.1) is 0 Å². The molecule has 1 rings (SSSR count). The van der Waals surface area contributed by atoms with Crippen molar-refractivity contribution in [3.05, 3.63) is 0 Å². The van der Waals surface area contributed by atoms with Crippen LogP contribution in [0.15, 0.2) is 0 Å². The minimum Gasteiger partial charge on any atom is -0.396 e. The first kappa shape index (κ1) is 12.0. The van der Waals surface area contributed by atoms with E-state index in [1.54, 1.807) is 4.90 Å². The Morgan fingerprint density at radius 2 is 2.20 bits per heavy atom. The second-order valence-electron chi connectivity index (χ2n) is 3.74. The van der Waals surface area contributed by atoms with Crippen LogP contribution in [0.25, 0.3) is 0 Å². The Labute approximate surface area is 89.4 Å². The number of carbonyl (C=O) groups excluding carboxylic acids is 2. The topological polar surface area (TPSA) is 69.6 Å². The zero-order valence-electron chi connectivity index (χ0n) is 9.03. The summed E-state index contributed by atoms with van der Waals surface area (Å²) in [5.74, 6) is -1.05. The van der Waals surface area contributed by atoms with Crippen LogP contribution in [0.5, 0.6) is 0 Å². The summed E-state index contributed by atoms with van der Waals surface area (Å²) >= 11 is 0. The zero-order chi connectivity index (χ0) is 11.3. The van der Waals surface area contributed by atoms with Gasteiger partial charge in [0.15, 0.2) is 0 Å². The highest BCUT2D eigenvalue weighted by Gasteiger charge is 2.29. The molecule has 1 atom stereocenters. The second kappa shape index (κ2) is 5.70. The van der Waals surface area contributed by atoms with Crippen LogP contribution in [0.3, 0.4) is 0 Å². The van der Waals surface area contributed by atoms with Gasteiger partial charge in [-0.25, -0.2) is 0 Å². The summed E-state index contributed by atoms with van der Waals surface area (Å²) in [6.45, 7) is 0.680. The molecule has 1 fully saturated rings. The van der Waals surface area contributed by atoms with E-state index in [1.165, 1.54) is 7.05 Å². The largest absolute Gasteiger partial charge is 0.396 e. The lowest BCUT2D eigenvalue weighted by atomic mass is 9.99. The molecule has 0 radical (unpaired) electrons. The molecule has 5 heteroatoms. The molecule has 86 valence electrons. The lowest BCUT2D eigenvalue weighted by Crippen LogP contribution is -2.49. The van der Waals surface area contributed by atoms with Gasteiger partial charge in [0.25, 0.3) is 0 Å². The third-order valence-electron chi connectivity index (χ3n) is 2.77. The van der Waals surface area contributed by atoms with Crippen LogP contribution in [-0.2, 0) is 9.59 Å². The number of amides is 2. The fraction of sp³-hybridized carbons (Fsp3) is 0.800. The van der Waals surface area contributed by atoms with Crippen molar-refractivity contribution in [2.45, 2.75) is 31.7 Å². The van der Waals surface area contributed by atoms with Gasteiger partial charge < -0.3 is 15.3 Å². The molecule has 0 aromatic carbocycles. The van der Waals surface area contributed by atoms with E-state index in [0.717, 1.165) is 19.3 Å². The second-order valence-corrected chi connectivity index (χ2v) is 3.74. The molecule has 0 aliphatic carbocycles. The van der Waals surface area contributed by atoms with Gasteiger partial charge in [-0.05, 0) is 25.7 Å². The minimum absolute atomic E-state index is 0.0218. The summed E-state index contributed by atoms with van der Waals surface area (Å²) in [6.07, 6.45) is 3.43. The number of carbonyl (C=O) groups is 2. The van der Waals surface area contributed by atoms with Crippen LogP contribution in [0.1, 0.15) is 25.7 Å². The van der Waals surface area contributed by atoms with E-state index >= 15 is 0 Å².